The van der Waals surface area contributed by atoms with Crippen molar-refractivity contribution in [2.24, 2.45) is 0 Å². The summed E-state index contributed by atoms with van der Waals surface area (Å²) in [5, 5.41) is 21.5. The van der Waals surface area contributed by atoms with Crippen molar-refractivity contribution in [3.63, 3.8) is 0 Å². The van der Waals surface area contributed by atoms with Gasteiger partial charge in [0.15, 0.2) is 0 Å². The van der Waals surface area contributed by atoms with E-state index in [-0.39, 0.29) is 23.0 Å². The lowest BCUT2D eigenvalue weighted by atomic mass is 9.93. The number of anilines is 1. The number of carbonyl (C=O) groups is 2. The number of methoxy groups -OCH3 is 1. The Bertz CT molecular complexity index is 1310. The molecule has 6 heteroatoms. The molecule has 0 aromatic heterocycles. The van der Waals surface area contributed by atoms with E-state index in [0.29, 0.717) is 22.6 Å². The molecule has 1 aliphatic rings. The lowest BCUT2D eigenvalue weighted by Crippen LogP contribution is -2.29. The highest BCUT2D eigenvalue weighted by molar-refractivity contribution is 6.51. The minimum Gasteiger partial charge on any atom is -0.508 e. The molecule has 2 N–H and O–H groups in total. The van der Waals surface area contributed by atoms with Gasteiger partial charge < -0.3 is 14.9 Å². The van der Waals surface area contributed by atoms with Gasteiger partial charge in [-0.05, 0) is 72.0 Å². The van der Waals surface area contributed by atoms with E-state index < -0.39 is 17.7 Å². The van der Waals surface area contributed by atoms with Crippen molar-refractivity contribution in [1.29, 1.82) is 0 Å². The summed E-state index contributed by atoms with van der Waals surface area (Å²) in [6.07, 6.45) is 0. The summed E-state index contributed by atoms with van der Waals surface area (Å²) in [6.45, 7) is 5.91. The number of nitrogens with zero attached hydrogens (tertiary/aromatic N) is 1. The summed E-state index contributed by atoms with van der Waals surface area (Å²) in [7, 11) is 1.58. The van der Waals surface area contributed by atoms with Gasteiger partial charge in [-0.15, -0.1) is 0 Å². The van der Waals surface area contributed by atoms with E-state index >= 15 is 0 Å². The zero-order chi connectivity index (χ0) is 24.6. The highest BCUT2D eigenvalue weighted by Gasteiger charge is 2.47. The highest BCUT2D eigenvalue weighted by atomic mass is 16.5. The molecule has 0 radical (unpaired) electrons. The van der Waals surface area contributed by atoms with E-state index in [1.165, 1.54) is 17.0 Å². The number of carbonyl (C=O) groups excluding carboxylic acids is 2. The quantitative estimate of drug-likeness (QED) is 0.302. The first-order chi connectivity index (χ1) is 16.2. The highest BCUT2D eigenvalue weighted by Crippen LogP contribution is 2.43. The van der Waals surface area contributed by atoms with Crippen molar-refractivity contribution in [3.05, 3.63) is 94.6 Å². The number of amides is 1. The summed E-state index contributed by atoms with van der Waals surface area (Å²) in [5.41, 5.74) is 3.22. The standard InChI is InChI=1S/C28H27NO5/c1-16(2)22-15-19(11-12-23(22)34-4)26(31)24-25(18-8-6-10-21(30)14-18)29(28(33)27(24)32)20-9-5-7-17(3)13-20/h5-16,25,30-31H,1-4H3/b26-24-. The minimum atomic E-state index is -0.904. The molecular weight excluding hydrogens is 430 g/mol. The van der Waals surface area contributed by atoms with Crippen molar-refractivity contribution < 1.29 is 24.5 Å². The van der Waals surface area contributed by atoms with Gasteiger partial charge in [-0.2, -0.15) is 0 Å². The Hall–Kier alpha value is -4.06. The normalized spacial score (nSPS) is 17.4. The molecule has 174 valence electrons. The van der Waals surface area contributed by atoms with Crippen LogP contribution in [0.3, 0.4) is 0 Å². The van der Waals surface area contributed by atoms with Gasteiger partial charge in [0, 0.05) is 11.3 Å². The summed E-state index contributed by atoms with van der Waals surface area (Å²) in [5.74, 6) is -1.01. The van der Waals surface area contributed by atoms with Gasteiger partial charge in [0.25, 0.3) is 11.7 Å². The Labute approximate surface area is 198 Å². The van der Waals surface area contributed by atoms with Crippen LogP contribution in [0.4, 0.5) is 5.69 Å². The molecule has 3 aromatic rings. The van der Waals surface area contributed by atoms with Crippen molar-refractivity contribution in [3.8, 4) is 11.5 Å². The second kappa shape index (κ2) is 9.06. The van der Waals surface area contributed by atoms with Crippen molar-refractivity contribution in [1.82, 2.24) is 0 Å². The maximum Gasteiger partial charge on any atom is 0.300 e. The molecule has 1 fully saturated rings. The summed E-state index contributed by atoms with van der Waals surface area (Å²) < 4.78 is 5.44. The average molecular weight is 458 g/mol. The van der Waals surface area contributed by atoms with Crippen LogP contribution >= 0.6 is 0 Å². The smallest absolute Gasteiger partial charge is 0.300 e. The van der Waals surface area contributed by atoms with Crippen molar-refractivity contribution in [2.45, 2.75) is 32.7 Å². The van der Waals surface area contributed by atoms with E-state index in [4.69, 9.17) is 4.74 Å². The van der Waals surface area contributed by atoms with Gasteiger partial charge in [-0.1, -0.05) is 38.1 Å². The summed E-state index contributed by atoms with van der Waals surface area (Å²) in [4.78, 5) is 27.9. The van der Waals surface area contributed by atoms with Crippen molar-refractivity contribution >= 4 is 23.1 Å². The summed E-state index contributed by atoms with van der Waals surface area (Å²) >= 11 is 0. The van der Waals surface area contributed by atoms with Gasteiger partial charge in [0.05, 0.1) is 18.7 Å². The third kappa shape index (κ3) is 4.03. The number of phenolic OH excluding ortho intramolecular Hbond substituents is 1. The number of phenols is 1. The number of benzene rings is 3. The lowest BCUT2D eigenvalue weighted by Gasteiger charge is -2.26. The zero-order valence-electron chi connectivity index (χ0n) is 19.6. The van der Waals surface area contributed by atoms with Crippen LogP contribution in [0.5, 0.6) is 11.5 Å². The Morgan fingerprint density at radius 2 is 1.74 bits per heavy atom. The molecule has 1 amide bonds. The van der Waals surface area contributed by atoms with Crippen LogP contribution < -0.4 is 9.64 Å². The van der Waals surface area contributed by atoms with Crippen LogP contribution in [0.15, 0.2) is 72.3 Å². The molecule has 3 aromatic carbocycles. The monoisotopic (exact) mass is 457 g/mol. The molecule has 1 atom stereocenters. The SMILES string of the molecule is COc1ccc(/C(O)=C2/C(=O)C(=O)N(c3cccc(C)c3)C2c2cccc(O)c2)cc1C(C)C. The Morgan fingerprint density at radius 1 is 1.00 bits per heavy atom. The number of rotatable bonds is 5. The van der Waals surface area contributed by atoms with E-state index in [1.54, 1.807) is 43.5 Å². The number of hydrogen-bond donors (Lipinski definition) is 2. The molecule has 34 heavy (non-hydrogen) atoms. The fourth-order valence-electron chi connectivity index (χ4n) is 4.38. The molecule has 1 aliphatic heterocycles. The Morgan fingerprint density at radius 3 is 2.38 bits per heavy atom. The molecule has 1 saturated heterocycles. The number of Topliss-reactive ketones (excluding diaryl/α,β-unsaturated/α-hetero) is 1. The van der Waals surface area contributed by atoms with Crippen molar-refractivity contribution in [2.75, 3.05) is 12.0 Å². The van der Waals surface area contributed by atoms with Gasteiger partial charge in [-0.25, -0.2) is 0 Å². The second-order valence-corrected chi connectivity index (χ2v) is 8.71. The molecule has 6 nitrogen and oxygen atoms in total. The van der Waals surface area contributed by atoms with Gasteiger partial charge in [0.2, 0.25) is 0 Å². The topological polar surface area (TPSA) is 87.1 Å². The Balaban J connectivity index is 1.96. The molecule has 0 spiro atoms. The van der Waals surface area contributed by atoms with Gasteiger partial charge in [0.1, 0.15) is 17.3 Å². The summed E-state index contributed by atoms with van der Waals surface area (Å²) in [6, 6.07) is 17.9. The number of aliphatic hydroxyl groups is 1. The zero-order valence-corrected chi connectivity index (χ0v) is 19.6. The first-order valence-electron chi connectivity index (χ1n) is 11.1. The second-order valence-electron chi connectivity index (χ2n) is 8.71. The Kier molecular flexibility index (Phi) is 6.16. The molecule has 0 bridgehead atoms. The van der Waals surface area contributed by atoms with Crippen LogP contribution in [0.2, 0.25) is 0 Å². The first-order valence-corrected chi connectivity index (χ1v) is 11.1. The lowest BCUT2D eigenvalue weighted by molar-refractivity contribution is -0.132. The first kappa shape index (κ1) is 23.1. The van der Waals surface area contributed by atoms with Crippen LogP contribution in [0.1, 0.15) is 48.1 Å². The number of ether oxygens (including phenoxy) is 1. The maximum absolute atomic E-state index is 13.3. The number of aryl methyl sites for hydroxylation is 1. The van der Waals surface area contributed by atoms with Crippen LogP contribution in [-0.4, -0.2) is 29.0 Å². The number of ketones is 1. The van der Waals surface area contributed by atoms with Crippen LogP contribution in [0, 0.1) is 6.92 Å². The van der Waals surface area contributed by atoms with Gasteiger partial charge >= 0.3 is 0 Å². The predicted octanol–water partition coefficient (Wildman–Crippen LogP) is 5.46. The van der Waals surface area contributed by atoms with Crippen LogP contribution in [-0.2, 0) is 9.59 Å². The van der Waals surface area contributed by atoms with E-state index in [2.05, 4.69) is 0 Å². The van der Waals surface area contributed by atoms with E-state index in [9.17, 15) is 19.8 Å². The molecule has 0 saturated carbocycles. The van der Waals surface area contributed by atoms with Gasteiger partial charge in [-0.3, -0.25) is 14.5 Å². The largest absolute Gasteiger partial charge is 0.508 e. The molecular formula is C28H27NO5. The fraction of sp³-hybridized carbons (Fsp3) is 0.214. The number of aliphatic hydroxyl groups excluding tert-OH is 1. The number of aromatic hydroxyl groups is 1. The average Bonchev–Trinajstić information content (AvgIpc) is 3.08. The number of hydrogen-bond acceptors (Lipinski definition) is 5. The molecule has 4 rings (SSSR count). The third-order valence-corrected chi connectivity index (χ3v) is 6.04. The predicted molar refractivity (Wildman–Crippen MR) is 131 cm³/mol. The fourth-order valence-corrected chi connectivity index (χ4v) is 4.38. The molecule has 1 unspecified atom stereocenters. The third-order valence-electron chi connectivity index (χ3n) is 6.04. The maximum atomic E-state index is 13.3. The van der Waals surface area contributed by atoms with Crippen LogP contribution in [0.25, 0.3) is 5.76 Å². The van der Waals surface area contributed by atoms with E-state index in [1.807, 2.05) is 39.0 Å². The minimum absolute atomic E-state index is 0.00104. The molecule has 1 heterocycles. The van der Waals surface area contributed by atoms with E-state index in [0.717, 1.165) is 11.1 Å². The molecule has 0 aliphatic carbocycles.